The lowest BCUT2D eigenvalue weighted by molar-refractivity contribution is -0.118. The van der Waals surface area contributed by atoms with Crippen LogP contribution in [-0.4, -0.2) is 32.0 Å². The molecule has 0 atom stereocenters. The van der Waals surface area contributed by atoms with Gasteiger partial charge in [0.2, 0.25) is 0 Å². The quantitative estimate of drug-likeness (QED) is 0.204. The van der Waals surface area contributed by atoms with Gasteiger partial charge in [0.05, 0.1) is 28.1 Å². The van der Waals surface area contributed by atoms with Crippen molar-refractivity contribution in [3.63, 3.8) is 0 Å². The van der Waals surface area contributed by atoms with Crippen LogP contribution in [-0.2, 0) is 4.79 Å². The molecule has 1 heterocycles. The van der Waals surface area contributed by atoms with Gasteiger partial charge in [-0.05, 0) is 43.3 Å². The van der Waals surface area contributed by atoms with Gasteiger partial charge in [-0.3, -0.25) is 14.2 Å². The van der Waals surface area contributed by atoms with E-state index in [2.05, 4.69) is 15.5 Å². The number of phenolic OH excluding ortho intramolecular Hbond substituents is 1. The Labute approximate surface area is 188 Å². The van der Waals surface area contributed by atoms with E-state index in [0.717, 1.165) is 11.8 Å². The lowest BCUT2D eigenvalue weighted by atomic mass is 10.1. The third kappa shape index (κ3) is 4.70. The number of hydrazone groups is 1. The Morgan fingerprint density at radius 3 is 2.59 bits per heavy atom. The number of benzene rings is 3. The highest BCUT2D eigenvalue weighted by atomic mass is 32.2. The van der Waals surface area contributed by atoms with Crippen LogP contribution in [0.3, 0.4) is 0 Å². The standard InChI is InChI=1S/C24H20N4O3S/c1-16(17-8-7-11-19(29)14-17)26-27-22(30)15-32-24-25-21-13-6-5-12-20(21)23(31)28(24)18-9-3-2-4-10-18/h2-14,29H,15H2,1H3,(H,27,30). The van der Waals surface area contributed by atoms with Gasteiger partial charge in [-0.2, -0.15) is 5.10 Å². The third-order valence-corrected chi connectivity index (χ3v) is 5.64. The van der Waals surface area contributed by atoms with Crippen molar-refractivity contribution in [1.29, 1.82) is 0 Å². The van der Waals surface area contributed by atoms with E-state index < -0.39 is 0 Å². The molecule has 0 bridgehead atoms. The van der Waals surface area contributed by atoms with E-state index >= 15 is 0 Å². The van der Waals surface area contributed by atoms with Crippen LogP contribution in [0.2, 0.25) is 0 Å². The van der Waals surface area contributed by atoms with Crippen molar-refractivity contribution in [2.24, 2.45) is 5.10 Å². The van der Waals surface area contributed by atoms with Crippen LogP contribution in [0.5, 0.6) is 5.75 Å². The average molecular weight is 445 g/mol. The number of nitrogens with zero attached hydrogens (tertiary/aromatic N) is 3. The Kier molecular flexibility index (Phi) is 6.32. The van der Waals surface area contributed by atoms with Crippen molar-refractivity contribution in [3.8, 4) is 11.4 Å². The van der Waals surface area contributed by atoms with Gasteiger partial charge < -0.3 is 5.11 Å². The van der Waals surface area contributed by atoms with E-state index in [0.29, 0.717) is 33.0 Å². The number of hydrogen-bond donors (Lipinski definition) is 2. The molecule has 32 heavy (non-hydrogen) atoms. The third-order valence-electron chi connectivity index (χ3n) is 4.70. The number of phenols is 1. The van der Waals surface area contributed by atoms with Crippen molar-refractivity contribution in [2.75, 3.05) is 5.75 Å². The van der Waals surface area contributed by atoms with Crippen molar-refractivity contribution in [1.82, 2.24) is 15.0 Å². The summed E-state index contributed by atoms with van der Waals surface area (Å²) in [6.07, 6.45) is 0. The van der Waals surface area contributed by atoms with Crippen molar-refractivity contribution in [3.05, 3.63) is 94.8 Å². The molecule has 7 nitrogen and oxygen atoms in total. The molecule has 0 aliphatic heterocycles. The van der Waals surface area contributed by atoms with Gasteiger partial charge >= 0.3 is 0 Å². The van der Waals surface area contributed by atoms with Gasteiger partial charge in [-0.25, -0.2) is 10.4 Å². The number of nitrogens with one attached hydrogen (secondary N) is 1. The van der Waals surface area contributed by atoms with E-state index in [1.807, 2.05) is 36.4 Å². The summed E-state index contributed by atoms with van der Waals surface area (Å²) in [5, 5.41) is 14.6. The molecule has 0 radical (unpaired) electrons. The lowest BCUT2D eigenvalue weighted by Gasteiger charge is -2.13. The summed E-state index contributed by atoms with van der Waals surface area (Å²) in [5.41, 5.74) is 4.83. The van der Waals surface area contributed by atoms with E-state index in [-0.39, 0.29) is 23.0 Å². The van der Waals surface area contributed by atoms with E-state index in [4.69, 9.17) is 0 Å². The molecule has 0 spiro atoms. The van der Waals surface area contributed by atoms with E-state index in [9.17, 15) is 14.7 Å². The molecule has 1 amide bonds. The van der Waals surface area contributed by atoms with Gasteiger partial charge in [-0.15, -0.1) is 0 Å². The fraction of sp³-hybridized carbons (Fsp3) is 0.0833. The van der Waals surface area contributed by atoms with Gasteiger partial charge in [0, 0.05) is 5.56 Å². The highest BCUT2D eigenvalue weighted by molar-refractivity contribution is 7.99. The highest BCUT2D eigenvalue weighted by Crippen LogP contribution is 2.21. The number of thioether (sulfide) groups is 1. The number of fused-ring (bicyclic) bond motifs is 1. The Morgan fingerprint density at radius 1 is 1.06 bits per heavy atom. The number of para-hydroxylation sites is 2. The number of aromatic hydroxyl groups is 1. The first-order chi connectivity index (χ1) is 15.5. The predicted octanol–water partition coefficient (Wildman–Crippen LogP) is 3.72. The average Bonchev–Trinajstić information content (AvgIpc) is 2.82. The molecule has 0 aliphatic rings. The minimum absolute atomic E-state index is 0.0223. The summed E-state index contributed by atoms with van der Waals surface area (Å²) in [6.45, 7) is 1.74. The minimum atomic E-state index is -0.337. The summed E-state index contributed by atoms with van der Waals surface area (Å²) in [5.74, 6) is -0.189. The second-order valence-electron chi connectivity index (χ2n) is 6.96. The summed E-state index contributed by atoms with van der Waals surface area (Å²) < 4.78 is 1.52. The molecule has 1 aromatic heterocycles. The second-order valence-corrected chi connectivity index (χ2v) is 7.90. The molecule has 8 heteroatoms. The monoisotopic (exact) mass is 444 g/mol. The van der Waals surface area contributed by atoms with Crippen LogP contribution in [0, 0.1) is 0 Å². The number of aromatic nitrogens is 2. The zero-order valence-electron chi connectivity index (χ0n) is 17.2. The van der Waals surface area contributed by atoms with Crippen LogP contribution < -0.4 is 11.0 Å². The van der Waals surface area contributed by atoms with Gasteiger partial charge in [0.25, 0.3) is 11.5 Å². The molecular formula is C24H20N4O3S. The molecule has 3 aromatic carbocycles. The molecule has 0 saturated carbocycles. The topological polar surface area (TPSA) is 96.6 Å². The number of carbonyl (C=O) groups is 1. The molecule has 4 aromatic rings. The molecule has 0 fully saturated rings. The Hall–Kier alpha value is -3.91. The predicted molar refractivity (Wildman–Crippen MR) is 127 cm³/mol. The zero-order chi connectivity index (χ0) is 22.5. The molecular weight excluding hydrogens is 424 g/mol. The zero-order valence-corrected chi connectivity index (χ0v) is 18.0. The van der Waals surface area contributed by atoms with E-state index in [1.54, 1.807) is 49.4 Å². The van der Waals surface area contributed by atoms with Crippen LogP contribution in [0.15, 0.2) is 93.9 Å². The smallest absolute Gasteiger partial charge is 0.266 e. The minimum Gasteiger partial charge on any atom is -0.508 e. The second kappa shape index (κ2) is 9.49. The number of hydrogen-bond acceptors (Lipinski definition) is 6. The Morgan fingerprint density at radius 2 is 1.81 bits per heavy atom. The largest absolute Gasteiger partial charge is 0.508 e. The lowest BCUT2D eigenvalue weighted by Crippen LogP contribution is -2.24. The van der Waals surface area contributed by atoms with Crippen LogP contribution in [0.4, 0.5) is 0 Å². The maximum Gasteiger partial charge on any atom is 0.266 e. The van der Waals surface area contributed by atoms with Gasteiger partial charge in [0.1, 0.15) is 5.75 Å². The summed E-state index contributed by atoms with van der Waals surface area (Å²) in [7, 11) is 0. The Balaban J connectivity index is 1.57. The number of amides is 1. The summed E-state index contributed by atoms with van der Waals surface area (Å²) in [6, 6.07) is 23.0. The number of rotatable bonds is 6. The normalized spacial score (nSPS) is 11.5. The Bertz CT molecular complexity index is 1370. The first-order valence-corrected chi connectivity index (χ1v) is 10.8. The fourth-order valence-corrected chi connectivity index (χ4v) is 3.92. The van der Waals surface area contributed by atoms with Crippen molar-refractivity contribution < 1.29 is 9.90 Å². The summed E-state index contributed by atoms with van der Waals surface area (Å²) >= 11 is 1.16. The molecule has 4 rings (SSSR count). The van der Waals surface area contributed by atoms with E-state index in [1.165, 1.54) is 4.57 Å². The van der Waals surface area contributed by atoms with Crippen LogP contribution >= 0.6 is 11.8 Å². The van der Waals surface area contributed by atoms with Gasteiger partial charge in [0.15, 0.2) is 5.16 Å². The maximum atomic E-state index is 13.2. The molecule has 160 valence electrons. The first kappa shape index (κ1) is 21.3. The van der Waals surface area contributed by atoms with Crippen molar-refractivity contribution >= 4 is 34.3 Å². The molecule has 0 unspecified atom stereocenters. The maximum absolute atomic E-state index is 13.2. The first-order valence-electron chi connectivity index (χ1n) is 9.85. The highest BCUT2D eigenvalue weighted by Gasteiger charge is 2.14. The molecule has 2 N–H and O–H groups in total. The SMILES string of the molecule is CC(=NNC(=O)CSc1nc2ccccc2c(=O)n1-c1ccccc1)c1cccc(O)c1. The molecule has 0 saturated heterocycles. The van der Waals surface area contributed by atoms with Gasteiger partial charge in [-0.1, -0.05) is 54.2 Å². The van der Waals surface area contributed by atoms with Crippen LogP contribution in [0.25, 0.3) is 16.6 Å². The van der Waals surface area contributed by atoms with Crippen molar-refractivity contribution in [2.45, 2.75) is 12.1 Å². The fourth-order valence-electron chi connectivity index (χ4n) is 3.12. The molecule has 0 aliphatic carbocycles. The number of carbonyl (C=O) groups excluding carboxylic acids is 1. The van der Waals surface area contributed by atoms with Crippen LogP contribution in [0.1, 0.15) is 12.5 Å². The summed E-state index contributed by atoms with van der Waals surface area (Å²) in [4.78, 5) is 30.2.